The standard InChI is InChI=1S/C19H17FN4O/c20-17-3-1-2-16-15(17)8-9-18(16)24-19(25)23-14-6-4-12(5-7-14)13-10-21-22-11-13/h1-7,10-11,18H,8-9H2,(H,21,22)(H2,23,24,25). The van der Waals surface area contributed by atoms with Crippen LogP contribution in [0, 0.1) is 5.82 Å². The predicted molar refractivity (Wildman–Crippen MR) is 93.6 cm³/mol. The van der Waals surface area contributed by atoms with Crippen LogP contribution in [0.2, 0.25) is 0 Å². The van der Waals surface area contributed by atoms with Crippen LogP contribution in [-0.2, 0) is 6.42 Å². The largest absolute Gasteiger partial charge is 0.331 e. The Morgan fingerprint density at radius 2 is 2.00 bits per heavy atom. The van der Waals surface area contributed by atoms with Gasteiger partial charge >= 0.3 is 6.03 Å². The van der Waals surface area contributed by atoms with Gasteiger partial charge in [0.15, 0.2) is 0 Å². The van der Waals surface area contributed by atoms with Gasteiger partial charge in [0, 0.05) is 17.4 Å². The zero-order valence-electron chi connectivity index (χ0n) is 13.4. The van der Waals surface area contributed by atoms with Gasteiger partial charge in [0.25, 0.3) is 0 Å². The van der Waals surface area contributed by atoms with Crippen LogP contribution in [0.4, 0.5) is 14.9 Å². The minimum absolute atomic E-state index is 0.157. The van der Waals surface area contributed by atoms with Gasteiger partial charge in [-0.2, -0.15) is 5.10 Å². The molecule has 0 radical (unpaired) electrons. The Hall–Kier alpha value is -3.15. The molecule has 1 atom stereocenters. The summed E-state index contributed by atoms with van der Waals surface area (Å²) in [4.78, 5) is 12.2. The molecule has 126 valence electrons. The maximum Gasteiger partial charge on any atom is 0.319 e. The fourth-order valence-electron chi connectivity index (χ4n) is 3.24. The van der Waals surface area contributed by atoms with E-state index < -0.39 is 0 Å². The number of nitrogens with one attached hydrogen (secondary N) is 3. The van der Waals surface area contributed by atoms with Gasteiger partial charge in [0.1, 0.15) is 5.82 Å². The molecule has 1 unspecified atom stereocenters. The maximum atomic E-state index is 13.8. The number of anilines is 1. The van der Waals surface area contributed by atoms with Crippen LogP contribution in [0.1, 0.15) is 23.6 Å². The van der Waals surface area contributed by atoms with Gasteiger partial charge < -0.3 is 10.6 Å². The highest BCUT2D eigenvalue weighted by molar-refractivity contribution is 5.90. The minimum atomic E-state index is -0.293. The van der Waals surface area contributed by atoms with Crippen molar-refractivity contribution in [2.45, 2.75) is 18.9 Å². The van der Waals surface area contributed by atoms with Crippen molar-refractivity contribution in [3.63, 3.8) is 0 Å². The van der Waals surface area contributed by atoms with Crippen LogP contribution in [0.3, 0.4) is 0 Å². The zero-order valence-corrected chi connectivity index (χ0v) is 13.4. The molecule has 1 heterocycles. The van der Waals surface area contributed by atoms with Crippen molar-refractivity contribution in [3.8, 4) is 11.1 Å². The number of rotatable bonds is 3. The number of aromatic amines is 1. The molecule has 0 fully saturated rings. The first kappa shape index (κ1) is 15.4. The lowest BCUT2D eigenvalue weighted by Gasteiger charge is -2.15. The maximum absolute atomic E-state index is 13.8. The van der Waals surface area contributed by atoms with E-state index in [1.165, 1.54) is 6.07 Å². The first-order valence-electron chi connectivity index (χ1n) is 8.15. The van der Waals surface area contributed by atoms with E-state index in [2.05, 4.69) is 20.8 Å². The lowest BCUT2D eigenvalue weighted by atomic mass is 10.1. The Balaban J connectivity index is 1.41. The molecule has 4 rings (SSSR count). The summed E-state index contributed by atoms with van der Waals surface area (Å²) in [7, 11) is 0. The summed E-state index contributed by atoms with van der Waals surface area (Å²) in [6.45, 7) is 0. The Morgan fingerprint density at radius 1 is 1.16 bits per heavy atom. The lowest BCUT2D eigenvalue weighted by molar-refractivity contribution is 0.248. The van der Waals surface area contributed by atoms with Crippen LogP contribution in [-0.4, -0.2) is 16.2 Å². The second kappa shape index (κ2) is 6.39. The Morgan fingerprint density at radius 3 is 2.76 bits per heavy atom. The van der Waals surface area contributed by atoms with Crippen molar-refractivity contribution in [1.82, 2.24) is 15.5 Å². The molecule has 0 saturated carbocycles. The molecular weight excluding hydrogens is 319 g/mol. The van der Waals surface area contributed by atoms with Crippen molar-refractivity contribution in [3.05, 3.63) is 71.8 Å². The summed E-state index contributed by atoms with van der Waals surface area (Å²) >= 11 is 0. The van der Waals surface area contributed by atoms with Crippen LogP contribution < -0.4 is 10.6 Å². The van der Waals surface area contributed by atoms with Crippen molar-refractivity contribution in [1.29, 1.82) is 0 Å². The predicted octanol–water partition coefficient (Wildman–Crippen LogP) is 4.02. The van der Waals surface area contributed by atoms with E-state index in [1.54, 1.807) is 12.3 Å². The monoisotopic (exact) mass is 336 g/mol. The summed E-state index contributed by atoms with van der Waals surface area (Å²) in [5.74, 6) is -0.197. The van der Waals surface area contributed by atoms with Crippen molar-refractivity contribution in [2.75, 3.05) is 5.32 Å². The average Bonchev–Trinajstić information content (AvgIpc) is 3.27. The number of carbonyl (C=O) groups excluding carboxylic acids is 1. The van der Waals surface area contributed by atoms with Crippen LogP contribution in [0.5, 0.6) is 0 Å². The summed E-state index contributed by atoms with van der Waals surface area (Å²) in [5.41, 5.74) is 4.27. The molecule has 3 N–H and O–H groups in total. The Kier molecular flexibility index (Phi) is 3.93. The van der Waals surface area contributed by atoms with E-state index in [0.717, 1.165) is 16.7 Å². The molecule has 0 spiro atoms. The van der Waals surface area contributed by atoms with E-state index in [0.29, 0.717) is 24.1 Å². The molecule has 1 aromatic heterocycles. The molecule has 0 aliphatic heterocycles. The molecular formula is C19H17FN4O. The quantitative estimate of drug-likeness (QED) is 0.676. The molecule has 0 bridgehead atoms. The fraction of sp³-hybridized carbons (Fsp3) is 0.158. The Bertz CT molecular complexity index is 890. The molecule has 1 aliphatic rings. The van der Waals surface area contributed by atoms with Crippen molar-refractivity contribution >= 4 is 11.7 Å². The van der Waals surface area contributed by atoms with Gasteiger partial charge in [0.2, 0.25) is 0 Å². The number of carbonyl (C=O) groups is 1. The molecule has 1 aliphatic carbocycles. The molecule has 3 aromatic rings. The zero-order chi connectivity index (χ0) is 17.2. The average molecular weight is 336 g/mol. The number of H-pyrrole nitrogens is 1. The second-order valence-corrected chi connectivity index (χ2v) is 6.06. The van der Waals surface area contributed by atoms with Crippen LogP contribution in [0.25, 0.3) is 11.1 Å². The van der Waals surface area contributed by atoms with E-state index in [4.69, 9.17) is 0 Å². The van der Waals surface area contributed by atoms with E-state index in [-0.39, 0.29) is 17.9 Å². The molecule has 25 heavy (non-hydrogen) atoms. The number of nitrogens with zero attached hydrogens (tertiary/aromatic N) is 1. The minimum Gasteiger partial charge on any atom is -0.331 e. The number of halogens is 1. The van der Waals surface area contributed by atoms with E-state index in [9.17, 15) is 9.18 Å². The molecule has 6 heteroatoms. The van der Waals surface area contributed by atoms with Gasteiger partial charge in [-0.15, -0.1) is 0 Å². The molecule has 5 nitrogen and oxygen atoms in total. The Labute approximate surface area is 144 Å². The second-order valence-electron chi connectivity index (χ2n) is 6.06. The molecule has 2 aromatic carbocycles. The third kappa shape index (κ3) is 3.10. The van der Waals surface area contributed by atoms with Crippen molar-refractivity contribution in [2.24, 2.45) is 0 Å². The first-order chi connectivity index (χ1) is 12.2. The highest BCUT2D eigenvalue weighted by atomic mass is 19.1. The fourth-order valence-corrected chi connectivity index (χ4v) is 3.24. The number of hydrogen-bond donors (Lipinski definition) is 3. The first-order valence-corrected chi connectivity index (χ1v) is 8.15. The number of aromatic nitrogens is 2. The summed E-state index contributed by atoms with van der Waals surface area (Å²) < 4.78 is 13.8. The lowest BCUT2D eigenvalue weighted by Crippen LogP contribution is -2.31. The highest BCUT2D eigenvalue weighted by Gasteiger charge is 2.26. The molecule has 2 amide bonds. The van der Waals surface area contributed by atoms with Gasteiger partial charge in [-0.05, 0) is 47.7 Å². The summed E-state index contributed by atoms with van der Waals surface area (Å²) in [6.07, 6.45) is 4.91. The smallest absolute Gasteiger partial charge is 0.319 e. The number of urea groups is 1. The van der Waals surface area contributed by atoms with Gasteiger partial charge in [0.05, 0.1) is 12.2 Å². The number of fused-ring (bicyclic) bond motifs is 1. The van der Waals surface area contributed by atoms with Gasteiger partial charge in [-0.1, -0.05) is 24.3 Å². The SMILES string of the molecule is O=C(Nc1ccc(-c2cn[nH]c2)cc1)NC1CCc2c(F)cccc21. The van der Waals surface area contributed by atoms with Crippen molar-refractivity contribution < 1.29 is 9.18 Å². The van der Waals surface area contributed by atoms with Crippen LogP contribution in [0.15, 0.2) is 54.9 Å². The van der Waals surface area contributed by atoms with E-state index >= 15 is 0 Å². The topological polar surface area (TPSA) is 69.8 Å². The summed E-state index contributed by atoms with van der Waals surface area (Å²) in [5, 5.41) is 12.4. The third-order valence-corrected chi connectivity index (χ3v) is 4.49. The van der Waals surface area contributed by atoms with Gasteiger partial charge in [-0.25, -0.2) is 9.18 Å². The number of hydrogen-bond acceptors (Lipinski definition) is 2. The molecule has 0 saturated heterocycles. The third-order valence-electron chi connectivity index (χ3n) is 4.49. The van der Waals surface area contributed by atoms with E-state index in [1.807, 2.05) is 36.5 Å². The number of amides is 2. The van der Waals surface area contributed by atoms with Gasteiger partial charge in [-0.3, -0.25) is 5.10 Å². The normalized spacial score (nSPS) is 15.6. The highest BCUT2D eigenvalue weighted by Crippen LogP contribution is 2.32. The van der Waals surface area contributed by atoms with Crippen LogP contribution >= 0.6 is 0 Å². The number of benzene rings is 2. The summed E-state index contributed by atoms with van der Waals surface area (Å²) in [6, 6.07) is 12.1.